The lowest BCUT2D eigenvalue weighted by molar-refractivity contribution is 0.171. The third kappa shape index (κ3) is 3.93. The van der Waals surface area contributed by atoms with E-state index in [1.807, 2.05) is 6.92 Å². The quantitative estimate of drug-likeness (QED) is 0.779. The number of nitrogens with one attached hydrogen (secondary N) is 1. The maximum absolute atomic E-state index is 13.2. The number of hydrogen-bond donors (Lipinski definition) is 2. The molecule has 0 fully saturated rings. The smallest absolute Gasteiger partial charge is 0.129 e. The highest BCUT2D eigenvalue weighted by Gasteiger charge is 2.09. The number of hydrogen-bond acceptors (Lipinski definition) is 2. The Morgan fingerprint density at radius 2 is 2.13 bits per heavy atom. The summed E-state index contributed by atoms with van der Waals surface area (Å²) in [6.07, 6.45) is -0.455. The Labute approximate surface area is 87.9 Å². The Bertz CT molecular complexity index is 317. The zero-order chi connectivity index (χ0) is 11.3. The Hall–Kier alpha value is -1.00. The van der Waals surface area contributed by atoms with Crippen LogP contribution in [-0.2, 0) is 6.42 Å². The number of aliphatic hydroxyl groups excluding tert-OH is 1. The van der Waals surface area contributed by atoms with E-state index in [1.165, 1.54) is 12.1 Å². The number of benzene rings is 1. The fourth-order valence-corrected chi connectivity index (χ4v) is 1.32. The molecule has 0 heterocycles. The van der Waals surface area contributed by atoms with E-state index in [-0.39, 0.29) is 6.42 Å². The summed E-state index contributed by atoms with van der Waals surface area (Å²) in [5.41, 5.74) is 0.335. The molecule has 0 radical (unpaired) electrons. The van der Waals surface area contributed by atoms with Gasteiger partial charge in [0, 0.05) is 19.0 Å². The van der Waals surface area contributed by atoms with E-state index in [4.69, 9.17) is 0 Å². The minimum Gasteiger partial charge on any atom is -0.391 e. The van der Waals surface area contributed by atoms with Gasteiger partial charge in [-0.15, -0.1) is 0 Å². The van der Waals surface area contributed by atoms with Crippen molar-refractivity contribution >= 4 is 0 Å². The number of rotatable bonds is 5. The minimum absolute atomic E-state index is 0.194. The standard InChI is InChI=1S/C11H15F2NO/c1-2-14-7-10(15)5-8-3-4-9(12)6-11(8)13/h3-4,6,10,14-15H,2,5,7H2,1H3. The van der Waals surface area contributed by atoms with Gasteiger partial charge in [-0.3, -0.25) is 0 Å². The largest absolute Gasteiger partial charge is 0.391 e. The monoisotopic (exact) mass is 215 g/mol. The molecule has 1 atom stereocenters. The normalized spacial score (nSPS) is 12.8. The van der Waals surface area contributed by atoms with Gasteiger partial charge in [0.2, 0.25) is 0 Å². The van der Waals surface area contributed by atoms with E-state index < -0.39 is 17.7 Å². The van der Waals surface area contributed by atoms with E-state index in [2.05, 4.69) is 5.32 Å². The lowest BCUT2D eigenvalue weighted by Gasteiger charge is -2.11. The van der Waals surface area contributed by atoms with Crippen LogP contribution in [0.15, 0.2) is 18.2 Å². The van der Waals surface area contributed by atoms with Gasteiger partial charge >= 0.3 is 0 Å². The second-order valence-electron chi connectivity index (χ2n) is 3.40. The zero-order valence-electron chi connectivity index (χ0n) is 8.63. The van der Waals surface area contributed by atoms with Crippen molar-refractivity contribution in [1.29, 1.82) is 0 Å². The zero-order valence-corrected chi connectivity index (χ0v) is 8.63. The maximum Gasteiger partial charge on any atom is 0.129 e. The average molecular weight is 215 g/mol. The third-order valence-electron chi connectivity index (χ3n) is 2.10. The molecule has 0 saturated heterocycles. The highest BCUT2D eigenvalue weighted by Crippen LogP contribution is 2.11. The lowest BCUT2D eigenvalue weighted by atomic mass is 10.1. The summed E-state index contributed by atoms with van der Waals surface area (Å²) < 4.78 is 25.7. The molecule has 0 aliphatic heterocycles. The van der Waals surface area contributed by atoms with E-state index in [0.717, 1.165) is 12.6 Å². The molecule has 0 aromatic heterocycles. The Morgan fingerprint density at radius 3 is 2.73 bits per heavy atom. The van der Waals surface area contributed by atoms with Gasteiger partial charge in [-0.25, -0.2) is 8.78 Å². The van der Waals surface area contributed by atoms with Crippen LogP contribution in [0.5, 0.6) is 0 Å². The van der Waals surface area contributed by atoms with Gasteiger partial charge in [-0.1, -0.05) is 13.0 Å². The predicted octanol–water partition coefficient (Wildman–Crippen LogP) is 1.48. The van der Waals surface area contributed by atoms with Crippen LogP contribution in [-0.4, -0.2) is 24.3 Å². The molecule has 0 aliphatic rings. The molecule has 2 nitrogen and oxygen atoms in total. The summed E-state index contributed by atoms with van der Waals surface area (Å²) in [6.45, 7) is 3.08. The van der Waals surface area contributed by atoms with Crippen LogP contribution in [0.1, 0.15) is 12.5 Å². The van der Waals surface area contributed by atoms with Crippen molar-refractivity contribution < 1.29 is 13.9 Å². The fraction of sp³-hybridized carbons (Fsp3) is 0.455. The predicted molar refractivity (Wildman–Crippen MR) is 54.6 cm³/mol. The van der Waals surface area contributed by atoms with Crippen LogP contribution in [0.3, 0.4) is 0 Å². The number of aliphatic hydroxyl groups is 1. The molecule has 1 aromatic carbocycles. The van der Waals surface area contributed by atoms with Crippen LogP contribution in [0, 0.1) is 11.6 Å². The molecule has 15 heavy (non-hydrogen) atoms. The second kappa shape index (κ2) is 5.78. The van der Waals surface area contributed by atoms with E-state index in [9.17, 15) is 13.9 Å². The van der Waals surface area contributed by atoms with E-state index in [0.29, 0.717) is 12.1 Å². The van der Waals surface area contributed by atoms with Crippen molar-refractivity contribution in [2.45, 2.75) is 19.4 Å². The summed E-state index contributed by atoms with van der Waals surface area (Å²) in [5, 5.41) is 12.5. The molecule has 1 unspecified atom stereocenters. The molecule has 2 N–H and O–H groups in total. The van der Waals surface area contributed by atoms with Crippen LogP contribution in [0.2, 0.25) is 0 Å². The summed E-state index contributed by atoms with van der Waals surface area (Å²) >= 11 is 0. The molecule has 0 spiro atoms. The molecule has 84 valence electrons. The summed E-state index contributed by atoms with van der Waals surface area (Å²) in [5.74, 6) is -1.21. The molecule has 1 rings (SSSR count). The number of halogens is 2. The molecule has 0 aliphatic carbocycles. The molecular weight excluding hydrogens is 200 g/mol. The highest BCUT2D eigenvalue weighted by molar-refractivity contribution is 5.19. The van der Waals surface area contributed by atoms with Crippen molar-refractivity contribution in [3.8, 4) is 0 Å². The van der Waals surface area contributed by atoms with Crippen molar-refractivity contribution in [3.63, 3.8) is 0 Å². The molecule has 0 amide bonds. The fourth-order valence-electron chi connectivity index (χ4n) is 1.32. The first-order valence-electron chi connectivity index (χ1n) is 4.96. The first-order valence-corrected chi connectivity index (χ1v) is 4.96. The number of likely N-dealkylation sites (N-methyl/N-ethyl adjacent to an activating group) is 1. The van der Waals surface area contributed by atoms with Crippen molar-refractivity contribution in [2.75, 3.05) is 13.1 Å². The Morgan fingerprint density at radius 1 is 1.40 bits per heavy atom. The van der Waals surface area contributed by atoms with Gasteiger partial charge in [-0.05, 0) is 18.2 Å². The van der Waals surface area contributed by atoms with Gasteiger partial charge in [0.15, 0.2) is 0 Å². The van der Waals surface area contributed by atoms with Gasteiger partial charge < -0.3 is 10.4 Å². The summed E-state index contributed by atoms with van der Waals surface area (Å²) in [7, 11) is 0. The maximum atomic E-state index is 13.2. The second-order valence-corrected chi connectivity index (χ2v) is 3.40. The van der Waals surface area contributed by atoms with E-state index in [1.54, 1.807) is 0 Å². The van der Waals surface area contributed by atoms with Crippen molar-refractivity contribution in [2.24, 2.45) is 0 Å². The first kappa shape index (κ1) is 12.1. The average Bonchev–Trinajstić information content (AvgIpc) is 2.19. The van der Waals surface area contributed by atoms with Gasteiger partial charge in [0.05, 0.1) is 6.10 Å². The molecule has 0 saturated carbocycles. The van der Waals surface area contributed by atoms with Crippen molar-refractivity contribution in [3.05, 3.63) is 35.4 Å². The lowest BCUT2D eigenvalue weighted by Crippen LogP contribution is -2.28. The molecule has 0 bridgehead atoms. The highest BCUT2D eigenvalue weighted by atomic mass is 19.1. The van der Waals surface area contributed by atoms with Crippen LogP contribution in [0.25, 0.3) is 0 Å². The van der Waals surface area contributed by atoms with E-state index >= 15 is 0 Å². The van der Waals surface area contributed by atoms with Gasteiger partial charge in [0.25, 0.3) is 0 Å². The van der Waals surface area contributed by atoms with Crippen molar-refractivity contribution in [1.82, 2.24) is 5.32 Å². The van der Waals surface area contributed by atoms with Crippen LogP contribution >= 0.6 is 0 Å². The molecule has 1 aromatic rings. The van der Waals surface area contributed by atoms with Gasteiger partial charge in [0.1, 0.15) is 11.6 Å². The molecule has 4 heteroatoms. The Balaban J connectivity index is 2.56. The first-order chi connectivity index (χ1) is 7.13. The minimum atomic E-state index is -0.648. The summed E-state index contributed by atoms with van der Waals surface area (Å²) in [4.78, 5) is 0. The van der Waals surface area contributed by atoms with Crippen LogP contribution in [0.4, 0.5) is 8.78 Å². The molecular formula is C11H15F2NO. The van der Waals surface area contributed by atoms with Gasteiger partial charge in [-0.2, -0.15) is 0 Å². The van der Waals surface area contributed by atoms with Crippen LogP contribution < -0.4 is 5.32 Å². The Kier molecular flexibility index (Phi) is 4.65. The summed E-state index contributed by atoms with van der Waals surface area (Å²) in [6, 6.07) is 3.38. The topological polar surface area (TPSA) is 32.3 Å². The SMILES string of the molecule is CCNCC(O)Cc1ccc(F)cc1F. The third-order valence-corrected chi connectivity index (χ3v) is 2.10.